The fourth-order valence-electron chi connectivity index (χ4n) is 7.61. The SMILES string of the molecule is CCCCOc1c(/C=C/c2cc(C)c(/C(=C3\N=C(C)C=C3C)c3ccc(I)cc3)n2B(F)F)cc2c3c1C(C)(C)CCN3CCC2(C)C. The quantitative estimate of drug-likeness (QED) is 0.123. The highest BCUT2D eigenvalue weighted by Crippen LogP contribution is 2.54. The summed E-state index contributed by atoms with van der Waals surface area (Å²) < 4.78 is 39.6. The Balaban J connectivity index is 1.56. The van der Waals surface area contributed by atoms with Crippen LogP contribution in [0, 0.1) is 10.5 Å². The zero-order valence-electron chi connectivity index (χ0n) is 29.6. The van der Waals surface area contributed by atoms with Crippen LogP contribution < -0.4 is 9.64 Å². The number of halogens is 3. The lowest BCUT2D eigenvalue weighted by Gasteiger charge is -2.49. The minimum atomic E-state index is -2.75. The summed E-state index contributed by atoms with van der Waals surface area (Å²) in [6.07, 6.45) is 9.99. The van der Waals surface area contributed by atoms with E-state index in [0.717, 1.165) is 87.3 Å². The molecule has 4 nitrogen and oxygen atoms in total. The molecule has 0 radical (unpaired) electrons. The van der Waals surface area contributed by atoms with Crippen LogP contribution in [0.5, 0.6) is 5.75 Å². The first kappa shape index (κ1) is 34.7. The van der Waals surface area contributed by atoms with Gasteiger partial charge in [0, 0.05) is 56.1 Å². The first-order valence-corrected chi connectivity index (χ1v) is 18.3. The van der Waals surface area contributed by atoms with Gasteiger partial charge in [-0.05, 0) is 138 Å². The van der Waals surface area contributed by atoms with Gasteiger partial charge in [0.15, 0.2) is 0 Å². The normalized spacial score (nSPS) is 18.9. The average Bonchev–Trinajstić information content (AvgIpc) is 3.53. The lowest BCUT2D eigenvalue weighted by Crippen LogP contribution is -2.45. The highest BCUT2D eigenvalue weighted by molar-refractivity contribution is 14.1. The van der Waals surface area contributed by atoms with Gasteiger partial charge in [-0.25, -0.2) is 0 Å². The smallest absolute Gasteiger partial charge is 0.493 e. The number of rotatable bonds is 9. The van der Waals surface area contributed by atoms with Crippen molar-refractivity contribution in [3.05, 3.63) is 96.5 Å². The summed E-state index contributed by atoms with van der Waals surface area (Å²) in [6, 6.07) is 12.2. The van der Waals surface area contributed by atoms with E-state index in [2.05, 4.69) is 68.2 Å². The third-order valence-corrected chi connectivity index (χ3v) is 11.1. The molecule has 2 aromatic carbocycles. The number of hydrogen-bond donors (Lipinski definition) is 0. The number of allylic oxidation sites excluding steroid dienone is 2. The van der Waals surface area contributed by atoms with Crippen LogP contribution in [-0.4, -0.2) is 37.3 Å². The van der Waals surface area contributed by atoms with Crippen molar-refractivity contribution in [2.45, 2.75) is 91.9 Å². The van der Waals surface area contributed by atoms with E-state index in [1.807, 2.05) is 69.3 Å². The van der Waals surface area contributed by atoms with E-state index in [1.54, 1.807) is 0 Å². The summed E-state index contributed by atoms with van der Waals surface area (Å²) in [6.45, 7) is 20.0. The molecule has 0 aliphatic carbocycles. The van der Waals surface area contributed by atoms with Gasteiger partial charge >= 0.3 is 7.40 Å². The Bertz CT molecular complexity index is 1860. The Morgan fingerprint density at radius 1 is 1.00 bits per heavy atom. The first-order chi connectivity index (χ1) is 22.7. The van der Waals surface area contributed by atoms with E-state index in [9.17, 15) is 0 Å². The summed E-state index contributed by atoms with van der Waals surface area (Å²) in [5.41, 5.74) is 10.7. The predicted octanol–water partition coefficient (Wildman–Crippen LogP) is 10.9. The minimum absolute atomic E-state index is 0.00855. The van der Waals surface area contributed by atoms with Crippen molar-refractivity contribution in [3.8, 4) is 5.75 Å². The van der Waals surface area contributed by atoms with Crippen molar-refractivity contribution >= 4 is 59.1 Å². The van der Waals surface area contributed by atoms with Crippen LogP contribution in [0.1, 0.15) is 113 Å². The fourth-order valence-corrected chi connectivity index (χ4v) is 7.97. The number of unbranched alkanes of at least 4 members (excludes halogenated alkanes) is 1. The molecule has 8 heteroatoms. The van der Waals surface area contributed by atoms with Gasteiger partial charge in [-0.3, -0.25) is 13.6 Å². The number of aryl methyl sites for hydroxylation is 1. The van der Waals surface area contributed by atoms with E-state index >= 15 is 8.63 Å². The number of anilines is 1. The third-order valence-electron chi connectivity index (χ3n) is 10.3. The molecule has 1 aromatic heterocycles. The molecule has 0 fully saturated rings. The van der Waals surface area contributed by atoms with Gasteiger partial charge in [-0.1, -0.05) is 53.2 Å². The second-order valence-electron chi connectivity index (χ2n) is 14.9. The summed E-state index contributed by atoms with van der Waals surface area (Å²) in [5.74, 6) is 0.899. The van der Waals surface area contributed by atoms with E-state index in [-0.39, 0.29) is 10.8 Å². The zero-order chi connectivity index (χ0) is 34.5. The molecular formula is C40H47BF2IN3O. The van der Waals surface area contributed by atoms with Gasteiger partial charge in [0.25, 0.3) is 0 Å². The van der Waals surface area contributed by atoms with Crippen molar-refractivity contribution in [1.29, 1.82) is 0 Å². The van der Waals surface area contributed by atoms with Crippen molar-refractivity contribution < 1.29 is 13.4 Å². The molecule has 3 aliphatic heterocycles. The monoisotopic (exact) mass is 761 g/mol. The van der Waals surface area contributed by atoms with Crippen LogP contribution in [0.4, 0.5) is 14.3 Å². The molecule has 0 atom stereocenters. The minimum Gasteiger partial charge on any atom is -0.493 e. The first-order valence-electron chi connectivity index (χ1n) is 17.3. The van der Waals surface area contributed by atoms with E-state index in [4.69, 9.17) is 9.73 Å². The van der Waals surface area contributed by atoms with Crippen LogP contribution in [0.3, 0.4) is 0 Å². The Labute approximate surface area is 299 Å². The average molecular weight is 762 g/mol. The van der Waals surface area contributed by atoms with Crippen molar-refractivity contribution in [2.24, 2.45) is 4.99 Å². The molecule has 252 valence electrons. The Kier molecular flexibility index (Phi) is 9.61. The van der Waals surface area contributed by atoms with E-state index in [0.29, 0.717) is 18.0 Å². The van der Waals surface area contributed by atoms with Crippen LogP contribution >= 0.6 is 22.6 Å². The van der Waals surface area contributed by atoms with Gasteiger partial charge in [0.1, 0.15) is 5.75 Å². The Hall–Kier alpha value is -3.14. The largest absolute Gasteiger partial charge is 0.678 e. The summed E-state index contributed by atoms with van der Waals surface area (Å²) >= 11 is 2.27. The van der Waals surface area contributed by atoms with Crippen molar-refractivity contribution in [2.75, 3.05) is 24.6 Å². The van der Waals surface area contributed by atoms with Gasteiger partial charge in [0.05, 0.1) is 12.3 Å². The summed E-state index contributed by atoms with van der Waals surface area (Å²) in [7, 11) is -2.75. The molecule has 0 bridgehead atoms. The summed E-state index contributed by atoms with van der Waals surface area (Å²) in [5, 5.41) is 0. The Morgan fingerprint density at radius 3 is 2.31 bits per heavy atom. The number of hydrogen-bond acceptors (Lipinski definition) is 3. The highest BCUT2D eigenvalue weighted by atomic mass is 127. The molecule has 3 aliphatic rings. The zero-order valence-corrected chi connectivity index (χ0v) is 31.8. The maximum atomic E-state index is 15.3. The second-order valence-corrected chi connectivity index (χ2v) is 16.2. The van der Waals surface area contributed by atoms with Gasteiger partial charge in [-0.2, -0.15) is 0 Å². The molecule has 3 aromatic rings. The molecule has 4 heterocycles. The van der Waals surface area contributed by atoms with Crippen molar-refractivity contribution in [3.63, 3.8) is 0 Å². The maximum absolute atomic E-state index is 15.3. The number of aromatic nitrogens is 1. The molecule has 0 spiro atoms. The Morgan fingerprint density at radius 2 is 1.69 bits per heavy atom. The van der Waals surface area contributed by atoms with Crippen molar-refractivity contribution in [1.82, 2.24) is 4.48 Å². The molecule has 0 N–H and O–H groups in total. The fraction of sp³-hybridized carbons (Fsp3) is 0.425. The number of nitrogens with zero attached hydrogens (tertiary/aromatic N) is 3. The molecule has 0 unspecified atom stereocenters. The maximum Gasteiger partial charge on any atom is 0.678 e. The molecule has 0 amide bonds. The van der Waals surface area contributed by atoms with Crippen LogP contribution in [-0.2, 0) is 10.8 Å². The van der Waals surface area contributed by atoms with Gasteiger partial charge in [-0.15, -0.1) is 0 Å². The molecular weight excluding hydrogens is 714 g/mol. The lowest BCUT2D eigenvalue weighted by atomic mass is 9.68. The number of benzene rings is 2. The predicted molar refractivity (Wildman–Crippen MR) is 208 cm³/mol. The number of aliphatic imine (C=N–C) groups is 1. The topological polar surface area (TPSA) is 29.8 Å². The van der Waals surface area contributed by atoms with Gasteiger partial charge < -0.3 is 14.1 Å². The second kappa shape index (κ2) is 13.3. The molecule has 48 heavy (non-hydrogen) atoms. The lowest BCUT2D eigenvalue weighted by molar-refractivity contribution is 0.293. The summed E-state index contributed by atoms with van der Waals surface area (Å²) in [4.78, 5) is 7.38. The van der Waals surface area contributed by atoms with E-state index in [1.165, 1.54) is 21.3 Å². The van der Waals surface area contributed by atoms with Crippen LogP contribution in [0.2, 0.25) is 0 Å². The van der Waals surface area contributed by atoms with Crippen LogP contribution in [0.25, 0.3) is 17.7 Å². The number of ether oxygens (including phenoxy) is 1. The third kappa shape index (κ3) is 6.34. The highest BCUT2D eigenvalue weighted by Gasteiger charge is 2.42. The molecule has 0 saturated carbocycles. The standard InChI is InChI=1S/C40H47BF2IN3O/c1-9-10-21-48-38-29(24-32-37-34(38)40(7,8)18-20-46(37)19-17-39(32,5)6)13-16-31-23-26(3)36(47(31)41(42)43)33(28-11-14-30(44)15-12-28)35-25(2)22-27(4)45-35/h11-16,22-24H,9-10,17-21H2,1-8H3/b16-13+,35-33-. The molecule has 0 saturated heterocycles. The van der Waals surface area contributed by atoms with Crippen LogP contribution in [0.15, 0.2) is 58.7 Å². The van der Waals surface area contributed by atoms with E-state index < -0.39 is 7.40 Å². The molecule has 6 rings (SSSR count). The van der Waals surface area contributed by atoms with Gasteiger partial charge in [0.2, 0.25) is 0 Å².